The van der Waals surface area contributed by atoms with Crippen LogP contribution in [0, 0.1) is 0 Å². The van der Waals surface area contributed by atoms with E-state index in [9.17, 15) is 13.2 Å². The molecule has 6 nitrogen and oxygen atoms in total. The van der Waals surface area contributed by atoms with Crippen molar-refractivity contribution in [3.63, 3.8) is 0 Å². The van der Waals surface area contributed by atoms with Gasteiger partial charge in [-0.1, -0.05) is 66.2 Å². The first-order valence-corrected chi connectivity index (χ1v) is 12.2. The molecule has 0 bridgehead atoms. The molecule has 0 aliphatic carbocycles. The summed E-state index contributed by atoms with van der Waals surface area (Å²) < 4.78 is 27.6. The fourth-order valence-electron chi connectivity index (χ4n) is 3.68. The first kappa shape index (κ1) is 22.5. The van der Waals surface area contributed by atoms with Gasteiger partial charge in [0.1, 0.15) is 0 Å². The maximum atomic E-state index is 13.1. The summed E-state index contributed by atoms with van der Waals surface area (Å²) in [7, 11) is -3.58. The number of carbonyl (C=O) groups excluding carboxylic acids is 1. The monoisotopic (exact) mass is 469 g/mol. The van der Waals surface area contributed by atoms with Crippen LogP contribution in [0.1, 0.15) is 0 Å². The third-order valence-electron chi connectivity index (χ3n) is 5.45. The van der Waals surface area contributed by atoms with Crippen molar-refractivity contribution in [1.29, 1.82) is 0 Å². The van der Waals surface area contributed by atoms with Crippen LogP contribution in [-0.4, -0.2) is 56.3 Å². The molecule has 32 heavy (non-hydrogen) atoms. The number of carbonyl (C=O) groups is 1. The molecule has 0 atom stereocenters. The van der Waals surface area contributed by atoms with E-state index < -0.39 is 10.0 Å². The smallest absolute Gasteiger partial charge is 0.243 e. The molecule has 1 saturated heterocycles. The number of nitrogens with zero attached hydrogens (tertiary/aromatic N) is 2. The van der Waals surface area contributed by atoms with Crippen molar-refractivity contribution in [2.45, 2.75) is 4.90 Å². The predicted octanol–water partition coefficient (Wildman–Crippen LogP) is 3.95. The van der Waals surface area contributed by atoms with Crippen LogP contribution in [0.3, 0.4) is 0 Å². The van der Waals surface area contributed by atoms with E-state index in [1.807, 2.05) is 47.4 Å². The van der Waals surface area contributed by atoms with Crippen LogP contribution in [0.25, 0.3) is 11.1 Å². The molecule has 0 aromatic heterocycles. The Morgan fingerprint density at radius 1 is 0.812 bits per heavy atom. The van der Waals surface area contributed by atoms with Crippen molar-refractivity contribution in [2.24, 2.45) is 0 Å². The number of halogens is 1. The highest BCUT2D eigenvalue weighted by atomic mass is 35.5. The number of hydrogen-bond donors (Lipinski definition) is 1. The number of nitrogens with one attached hydrogen (secondary N) is 1. The van der Waals surface area contributed by atoms with Crippen molar-refractivity contribution in [3.8, 4) is 11.1 Å². The summed E-state index contributed by atoms with van der Waals surface area (Å²) in [5, 5.41) is 3.28. The molecule has 3 aromatic carbocycles. The number of hydrogen-bond acceptors (Lipinski definition) is 4. The van der Waals surface area contributed by atoms with E-state index >= 15 is 0 Å². The number of sulfonamides is 1. The molecule has 0 radical (unpaired) electrons. The molecule has 3 aromatic rings. The fraction of sp³-hybridized carbons (Fsp3) is 0.208. The van der Waals surface area contributed by atoms with E-state index in [0.29, 0.717) is 36.9 Å². The largest absolute Gasteiger partial charge is 0.324 e. The van der Waals surface area contributed by atoms with Crippen molar-refractivity contribution in [1.82, 2.24) is 9.21 Å². The van der Waals surface area contributed by atoms with Gasteiger partial charge in [0.25, 0.3) is 0 Å². The number of benzene rings is 3. The topological polar surface area (TPSA) is 69.7 Å². The molecule has 1 N–H and O–H groups in total. The quantitative estimate of drug-likeness (QED) is 0.593. The van der Waals surface area contributed by atoms with Gasteiger partial charge in [0.05, 0.1) is 22.2 Å². The Bertz CT molecular complexity index is 1180. The van der Waals surface area contributed by atoms with Crippen LogP contribution in [0.5, 0.6) is 0 Å². The number of anilines is 1. The zero-order valence-corrected chi connectivity index (χ0v) is 19.0. The molecule has 8 heteroatoms. The molecule has 1 amide bonds. The summed E-state index contributed by atoms with van der Waals surface area (Å²) >= 11 is 6.08. The molecule has 1 heterocycles. The number of piperazine rings is 1. The SMILES string of the molecule is O=C(CN1CCN(S(=O)(=O)c2ccc(-c3ccccc3)cc2)CC1)Nc1ccccc1Cl. The van der Waals surface area contributed by atoms with Gasteiger partial charge in [0, 0.05) is 26.2 Å². The Labute approximate surface area is 193 Å². The van der Waals surface area contributed by atoms with Gasteiger partial charge in [0.15, 0.2) is 0 Å². The van der Waals surface area contributed by atoms with Gasteiger partial charge >= 0.3 is 0 Å². The third kappa shape index (κ3) is 5.19. The Morgan fingerprint density at radius 2 is 1.41 bits per heavy atom. The van der Waals surface area contributed by atoms with Crippen molar-refractivity contribution >= 4 is 33.2 Å². The van der Waals surface area contributed by atoms with Gasteiger partial charge in [-0.25, -0.2) is 8.42 Å². The fourth-order valence-corrected chi connectivity index (χ4v) is 5.29. The van der Waals surface area contributed by atoms with Crippen LogP contribution < -0.4 is 5.32 Å². The van der Waals surface area contributed by atoms with E-state index in [1.165, 1.54) is 4.31 Å². The minimum Gasteiger partial charge on any atom is -0.324 e. The predicted molar refractivity (Wildman–Crippen MR) is 127 cm³/mol. The molecule has 4 rings (SSSR count). The van der Waals surface area contributed by atoms with Gasteiger partial charge in [-0.15, -0.1) is 0 Å². The third-order valence-corrected chi connectivity index (χ3v) is 7.69. The Hall–Kier alpha value is -2.71. The van der Waals surface area contributed by atoms with Crippen LogP contribution in [0.15, 0.2) is 83.8 Å². The molecule has 0 spiro atoms. The van der Waals surface area contributed by atoms with E-state index in [4.69, 9.17) is 11.6 Å². The zero-order chi connectivity index (χ0) is 22.6. The lowest BCUT2D eigenvalue weighted by Gasteiger charge is -2.33. The second-order valence-electron chi connectivity index (χ2n) is 7.60. The van der Waals surface area contributed by atoms with Crippen molar-refractivity contribution in [2.75, 3.05) is 38.0 Å². The summed E-state index contributed by atoms with van der Waals surface area (Å²) in [6.07, 6.45) is 0. The number of para-hydroxylation sites is 1. The first-order chi connectivity index (χ1) is 15.4. The zero-order valence-electron chi connectivity index (χ0n) is 17.4. The second-order valence-corrected chi connectivity index (χ2v) is 9.94. The second kappa shape index (κ2) is 9.83. The summed E-state index contributed by atoms with van der Waals surface area (Å²) in [5.41, 5.74) is 2.58. The highest BCUT2D eigenvalue weighted by Crippen LogP contribution is 2.24. The molecule has 1 aliphatic heterocycles. The van der Waals surface area contributed by atoms with Gasteiger partial charge < -0.3 is 5.32 Å². The maximum absolute atomic E-state index is 13.1. The van der Waals surface area contributed by atoms with Crippen LogP contribution in [0.2, 0.25) is 5.02 Å². The average Bonchev–Trinajstić information content (AvgIpc) is 2.81. The molecular weight excluding hydrogens is 446 g/mol. The highest BCUT2D eigenvalue weighted by molar-refractivity contribution is 7.89. The van der Waals surface area contributed by atoms with E-state index in [0.717, 1.165) is 11.1 Å². The standard InChI is InChI=1S/C24H24ClN3O3S/c25-22-8-4-5-9-23(22)26-24(29)18-27-14-16-28(17-15-27)32(30,31)21-12-10-20(11-13-21)19-6-2-1-3-7-19/h1-13H,14-18H2,(H,26,29). The summed E-state index contributed by atoms with van der Waals surface area (Å²) in [6.45, 7) is 1.82. The van der Waals surface area contributed by atoms with Gasteiger partial charge in [-0.05, 0) is 35.4 Å². The lowest BCUT2D eigenvalue weighted by atomic mass is 10.1. The lowest BCUT2D eigenvalue weighted by molar-refractivity contribution is -0.117. The molecule has 166 valence electrons. The molecule has 1 aliphatic rings. The number of rotatable bonds is 6. The molecule has 1 fully saturated rings. The lowest BCUT2D eigenvalue weighted by Crippen LogP contribution is -2.50. The average molecular weight is 470 g/mol. The van der Waals surface area contributed by atoms with Gasteiger partial charge in [-0.3, -0.25) is 9.69 Å². The van der Waals surface area contributed by atoms with Crippen LogP contribution in [-0.2, 0) is 14.8 Å². The van der Waals surface area contributed by atoms with Gasteiger partial charge in [-0.2, -0.15) is 4.31 Å². The van der Waals surface area contributed by atoms with E-state index in [-0.39, 0.29) is 17.3 Å². The first-order valence-electron chi connectivity index (χ1n) is 10.4. The van der Waals surface area contributed by atoms with Crippen molar-refractivity contribution < 1.29 is 13.2 Å². The highest BCUT2D eigenvalue weighted by Gasteiger charge is 2.29. The molecular formula is C24H24ClN3O3S. The molecule has 0 saturated carbocycles. The Morgan fingerprint density at radius 3 is 2.06 bits per heavy atom. The summed E-state index contributed by atoms with van der Waals surface area (Å²) in [4.78, 5) is 14.6. The molecule has 0 unspecified atom stereocenters. The van der Waals surface area contributed by atoms with E-state index in [2.05, 4.69) is 5.32 Å². The maximum Gasteiger partial charge on any atom is 0.243 e. The Kier molecular flexibility index (Phi) is 6.91. The van der Waals surface area contributed by atoms with Crippen LogP contribution >= 0.6 is 11.6 Å². The number of amides is 1. The Balaban J connectivity index is 1.34. The van der Waals surface area contributed by atoms with Crippen LogP contribution in [0.4, 0.5) is 5.69 Å². The summed E-state index contributed by atoms with van der Waals surface area (Å²) in [6, 6.07) is 23.9. The summed E-state index contributed by atoms with van der Waals surface area (Å²) in [5.74, 6) is -0.175. The van der Waals surface area contributed by atoms with Gasteiger partial charge in [0.2, 0.25) is 15.9 Å². The minimum absolute atomic E-state index is 0.175. The normalized spacial score (nSPS) is 15.4. The van der Waals surface area contributed by atoms with E-state index in [1.54, 1.807) is 36.4 Å². The minimum atomic E-state index is -3.58. The van der Waals surface area contributed by atoms with Crippen molar-refractivity contribution in [3.05, 3.63) is 83.9 Å².